The average molecular weight is 478 g/mol. The Morgan fingerprint density at radius 2 is 1.94 bits per heavy atom. The molecule has 1 fully saturated rings. The number of hydrogen-bond donors (Lipinski definition) is 1. The number of pyridine rings is 2. The monoisotopic (exact) mass is 477 g/mol. The number of rotatable bonds is 6. The van der Waals surface area contributed by atoms with E-state index in [9.17, 15) is 19.1 Å². The lowest BCUT2D eigenvalue weighted by Crippen LogP contribution is -2.39. The van der Waals surface area contributed by atoms with Crippen molar-refractivity contribution < 1.29 is 23.8 Å². The number of hydrogen-bond acceptors (Lipinski definition) is 6. The van der Waals surface area contributed by atoms with Crippen LogP contribution in [-0.2, 0) is 9.53 Å². The van der Waals surface area contributed by atoms with Crippen LogP contribution < -0.4 is 4.90 Å². The van der Waals surface area contributed by atoms with E-state index in [0.29, 0.717) is 36.2 Å². The molecular weight excluding hydrogens is 449 g/mol. The van der Waals surface area contributed by atoms with E-state index in [1.54, 1.807) is 20.8 Å². The number of nitrogens with zero attached hydrogens (tertiary/aromatic N) is 3. The quantitative estimate of drug-likeness (QED) is 0.444. The van der Waals surface area contributed by atoms with E-state index in [2.05, 4.69) is 23.8 Å². The molecule has 1 aliphatic heterocycles. The van der Waals surface area contributed by atoms with Crippen molar-refractivity contribution in [1.82, 2.24) is 9.97 Å². The Labute approximate surface area is 197 Å². The Morgan fingerprint density at radius 3 is 2.45 bits per heavy atom. The van der Waals surface area contributed by atoms with Gasteiger partial charge in [-0.15, -0.1) is 0 Å². The largest absolute Gasteiger partial charge is 0.479 e. The molecule has 33 heavy (non-hydrogen) atoms. The molecule has 178 valence electrons. The summed E-state index contributed by atoms with van der Waals surface area (Å²) in [5.74, 6) is -1.83. The van der Waals surface area contributed by atoms with Gasteiger partial charge in [0, 0.05) is 30.4 Å². The van der Waals surface area contributed by atoms with Crippen LogP contribution in [0.3, 0.4) is 0 Å². The first kappa shape index (κ1) is 25.1. The maximum Gasteiger partial charge on any atom is 0.337 e. The van der Waals surface area contributed by atoms with Gasteiger partial charge >= 0.3 is 5.97 Å². The normalized spacial score (nSPS) is 17.0. The summed E-state index contributed by atoms with van der Waals surface area (Å²) in [5.41, 5.74) is 0.436. The van der Waals surface area contributed by atoms with Gasteiger partial charge in [-0.25, -0.2) is 14.2 Å². The summed E-state index contributed by atoms with van der Waals surface area (Å²) in [6, 6.07) is 1.24. The molecule has 0 radical (unpaired) electrons. The van der Waals surface area contributed by atoms with Crippen molar-refractivity contribution in [2.75, 3.05) is 18.0 Å². The van der Waals surface area contributed by atoms with Gasteiger partial charge in [0.2, 0.25) is 0 Å². The van der Waals surface area contributed by atoms with Crippen molar-refractivity contribution in [2.45, 2.75) is 59.2 Å². The number of carboxylic acids is 1. The molecule has 3 rings (SSSR count). The molecule has 0 bridgehead atoms. The predicted molar refractivity (Wildman–Crippen MR) is 124 cm³/mol. The van der Waals surface area contributed by atoms with Crippen LogP contribution in [0.2, 0.25) is 5.15 Å². The van der Waals surface area contributed by atoms with Gasteiger partial charge < -0.3 is 14.7 Å². The summed E-state index contributed by atoms with van der Waals surface area (Å²) in [7, 11) is 0. The number of piperidine rings is 1. The first-order valence-corrected chi connectivity index (χ1v) is 11.2. The molecule has 2 aromatic rings. The zero-order valence-electron chi connectivity index (χ0n) is 19.5. The lowest BCUT2D eigenvalue weighted by Gasteiger charge is -2.41. The fraction of sp³-hybridized carbons (Fsp3) is 0.500. The van der Waals surface area contributed by atoms with Gasteiger partial charge in [0.1, 0.15) is 16.7 Å². The zero-order valence-corrected chi connectivity index (χ0v) is 20.2. The smallest absolute Gasteiger partial charge is 0.337 e. The topological polar surface area (TPSA) is 92.6 Å². The number of anilines is 1. The maximum atomic E-state index is 14.1. The van der Waals surface area contributed by atoms with Gasteiger partial charge in [0.25, 0.3) is 0 Å². The fourth-order valence-corrected chi connectivity index (χ4v) is 4.26. The van der Waals surface area contributed by atoms with Gasteiger partial charge in [0.15, 0.2) is 12.4 Å². The second-order valence-electron chi connectivity index (χ2n) is 10.0. The molecule has 1 unspecified atom stereocenters. The van der Waals surface area contributed by atoms with E-state index >= 15 is 0 Å². The van der Waals surface area contributed by atoms with Crippen LogP contribution in [0.25, 0.3) is 11.1 Å². The van der Waals surface area contributed by atoms with Crippen molar-refractivity contribution in [3.05, 3.63) is 40.7 Å². The summed E-state index contributed by atoms with van der Waals surface area (Å²) in [6.45, 7) is 10.7. The summed E-state index contributed by atoms with van der Waals surface area (Å²) in [5, 5.41) is 9.94. The maximum absolute atomic E-state index is 14.1. The second-order valence-corrected chi connectivity index (χ2v) is 10.4. The zero-order chi connectivity index (χ0) is 24.6. The van der Waals surface area contributed by atoms with Crippen LogP contribution >= 0.6 is 11.6 Å². The minimum absolute atomic E-state index is 0.0177. The van der Waals surface area contributed by atoms with E-state index in [1.165, 1.54) is 12.3 Å². The minimum atomic E-state index is -1.45. The Morgan fingerprint density at radius 1 is 1.30 bits per heavy atom. The molecule has 1 atom stereocenters. The number of carbonyl (C=O) groups is 2. The van der Waals surface area contributed by atoms with E-state index < -0.39 is 23.5 Å². The lowest BCUT2D eigenvalue weighted by molar-refractivity contribution is -0.160. The van der Waals surface area contributed by atoms with Crippen molar-refractivity contribution in [3.8, 4) is 11.1 Å². The van der Waals surface area contributed by atoms with Crippen molar-refractivity contribution in [1.29, 1.82) is 0 Å². The molecule has 1 N–H and O–H groups in total. The fourth-order valence-electron chi connectivity index (χ4n) is 3.98. The van der Waals surface area contributed by atoms with E-state index in [-0.39, 0.29) is 21.8 Å². The number of ether oxygens (including phenoxy) is 1. The van der Waals surface area contributed by atoms with Gasteiger partial charge in [-0.1, -0.05) is 25.4 Å². The van der Waals surface area contributed by atoms with E-state index in [0.717, 1.165) is 19.0 Å². The summed E-state index contributed by atoms with van der Waals surface area (Å²) in [4.78, 5) is 34.5. The average Bonchev–Trinajstić information content (AvgIpc) is 2.70. The third-order valence-electron chi connectivity index (χ3n) is 5.69. The molecule has 1 aliphatic rings. The first-order chi connectivity index (χ1) is 15.3. The molecule has 2 aromatic heterocycles. The van der Waals surface area contributed by atoms with Gasteiger partial charge in [-0.2, -0.15) is 0 Å². The lowest BCUT2D eigenvalue weighted by atomic mass is 9.82. The molecule has 0 amide bonds. The number of carbonyl (C=O) groups excluding carboxylic acids is 1. The molecule has 7 nitrogen and oxygen atoms in total. The highest BCUT2D eigenvalue weighted by atomic mass is 35.5. The number of halogens is 2. The standard InChI is InChI=1S/C24H29ClFN3O4/c1-23(2,3)33-20(22(31)32)18-19(29-8-6-24(4,5)7-9-29)17(16(13-30)28-21(18)25)14-10-15(26)12-27-11-14/h10-13,20H,6-9H2,1-5H3,(H,31,32). The molecule has 3 heterocycles. The Kier molecular flexibility index (Phi) is 7.10. The SMILES string of the molecule is CC1(C)CCN(c2c(-c3cncc(F)c3)c(C=O)nc(Cl)c2C(OC(C)(C)C)C(=O)O)CC1. The molecule has 9 heteroatoms. The van der Waals surface area contributed by atoms with Crippen LogP contribution in [0, 0.1) is 11.2 Å². The number of aldehydes is 1. The van der Waals surface area contributed by atoms with Crippen LogP contribution in [-0.4, -0.2) is 46.0 Å². The molecular formula is C24H29ClFN3O4. The Bertz CT molecular complexity index is 1060. The van der Waals surface area contributed by atoms with Crippen molar-refractivity contribution >= 4 is 29.5 Å². The van der Waals surface area contributed by atoms with Crippen molar-refractivity contribution in [2.24, 2.45) is 5.41 Å². The highest BCUT2D eigenvalue weighted by Crippen LogP contribution is 2.45. The first-order valence-electron chi connectivity index (χ1n) is 10.8. The van der Waals surface area contributed by atoms with Crippen molar-refractivity contribution in [3.63, 3.8) is 0 Å². The third-order valence-corrected chi connectivity index (χ3v) is 5.97. The summed E-state index contributed by atoms with van der Waals surface area (Å²) < 4.78 is 20.0. The Hall–Kier alpha value is -2.58. The summed E-state index contributed by atoms with van der Waals surface area (Å²) in [6.07, 6.45) is 3.23. The van der Waals surface area contributed by atoms with E-state index in [1.807, 2.05) is 4.90 Å². The van der Waals surface area contributed by atoms with Crippen LogP contribution in [0.4, 0.5) is 10.1 Å². The minimum Gasteiger partial charge on any atom is -0.479 e. The molecule has 0 spiro atoms. The highest BCUT2D eigenvalue weighted by Gasteiger charge is 2.37. The third kappa shape index (κ3) is 5.68. The van der Waals surface area contributed by atoms with Gasteiger partial charge in [-0.3, -0.25) is 9.78 Å². The van der Waals surface area contributed by atoms with Crippen LogP contribution in [0.15, 0.2) is 18.5 Å². The van der Waals surface area contributed by atoms with Gasteiger partial charge in [0.05, 0.1) is 23.0 Å². The van der Waals surface area contributed by atoms with Crippen LogP contribution in [0.5, 0.6) is 0 Å². The molecule has 0 aliphatic carbocycles. The molecule has 1 saturated heterocycles. The molecule has 0 saturated carbocycles. The number of carboxylic acid groups (broad SMARTS) is 1. The Balaban J connectivity index is 2.35. The predicted octanol–water partition coefficient (Wildman–Crippen LogP) is 5.32. The second kappa shape index (κ2) is 9.35. The van der Waals surface area contributed by atoms with Crippen LogP contribution in [0.1, 0.15) is 69.6 Å². The number of aromatic nitrogens is 2. The van der Waals surface area contributed by atoms with Gasteiger partial charge in [-0.05, 0) is 45.1 Å². The molecule has 0 aromatic carbocycles. The highest BCUT2D eigenvalue weighted by molar-refractivity contribution is 6.31. The van der Waals surface area contributed by atoms with E-state index in [4.69, 9.17) is 16.3 Å². The summed E-state index contributed by atoms with van der Waals surface area (Å²) >= 11 is 6.52. The number of aliphatic carboxylic acids is 1.